The van der Waals surface area contributed by atoms with E-state index in [1.807, 2.05) is 6.92 Å². The fourth-order valence-corrected chi connectivity index (χ4v) is 2.10. The third kappa shape index (κ3) is 3.54. The van der Waals surface area contributed by atoms with Crippen LogP contribution in [0.2, 0.25) is 5.15 Å². The van der Waals surface area contributed by atoms with Crippen LogP contribution in [0.25, 0.3) is 0 Å². The number of nitrogens with zero attached hydrogens (tertiary/aromatic N) is 1. The first-order chi connectivity index (χ1) is 9.47. The minimum Gasteiger partial charge on any atom is -0.322 e. The molecule has 1 N–H and O–H groups in total. The fraction of sp³-hybridized carbons (Fsp3) is 0.200. The van der Waals surface area contributed by atoms with Crippen molar-refractivity contribution >= 4 is 23.2 Å². The van der Waals surface area contributed by atoms with Crippen LogP contribution in [0.15, 0.2) is 30.3 Å². The minimum atomic E-state index is -0.387. The number of benzene rings is 1. The Hall–Kier alpha value is -1.94. The molecule has 0 radical (unpaired) electrons. The van der Waals surface area contributed by atoms with Crippen LogP contribution in [0, 0.1) is 12.7 Å². The zero-order valence-electron chi connectivity index (χ0n) is 11.2. The Morgan fingerprint density at radius 2 is 2.05 bits per heavy atom. The lowest BCUT2D eigenvalue weighted by Gasteiger charge is -2.08. The molecule has 0 fully saturated rings. The van der Waals surface area contributed by atoms with Crippen molar-refractivity contribution < 1.29 is 9.18 Å². The Labute approximate surface area is 121 Å². The van der Waals surface area contributed by atoms with Crippen molar-refractivity contribution in [1.29, 1.82) is 0 Å². The van der Waals surface area contributed by atoms with Crippen LogP contribution in [0.5, 0.6) is 0 Å². The van der Waals surface area contributed by atoms with E-state index in [-0.39, 0.29) is 16.9 Å². The number of carbonyl (C=O) groups is 1. The normalized spacial score (nSPS) is 10.4. The second-order valence-electron chi connectivity index (χ2n) is 4.49. The maximum Gasteiger partial charge on any atom is 0.255 e. The molecular formula is C15H14ClFN2O. The zero-order valence-corrected chi connectivity index (χ0v) is 12.0. The summed E-state index contributed by atoms with van der Waals surface area (Å²) >= 11 is 5.88. The Bertz CT molecular complexity index is 638. The van der Waals surface area contributed by atoms with Crippen molar-refractivity contribution in [3.05, 3.63) is 58.1 Å². The van der Waals surface area contributed by atoms with Gasteiger partial charge in [0.15, 0.2) is 0 Å². The number of rotatable bonds is 3. The lowest BCUT2D eigenvalue weighted by atomic mass is 10.1. The number of aromatic nitrogens is 1. The van der Waals surface area contributed by atoms with Crippen molar-refractivity contribution in [2.75, 3.05) is 5.32 Å². The summed E-state index contributed by atoms with van der Waals surface area (Å²) in [4.78, 5) is 16.2. The summed E-state index contributed by atoms with van der Waals surface area (Å²) in [7, 11) is 0. The average molecular weight is 293 g/mol. The molecule has 1 heterocycles. The van der Waals surface area contributed by atoms with Crippen LogP contribution in [-0.4, -0.2) is 10.9 Å². The Balaban J connectivity index is 2.25. The number of anilines is 1. The largest absolute Gasteiger partial charge is 0.322 e. The molecule has 2 aromatic rings. The number of halogens is 2. The van der Waals surface area contributed by atoms with Gasteiger partial charge in [0, 0.05) is 16.9 Å². The molecule has 2 rings (SSSR count). The van der Waals surface area contributed by atoms with E-state index in [1.54, 1.807) is 19.1 Å². The van der Waals surface area contributed by atoms with Gasteiger partial charge < -0.3 is 5.32 Å². The minimum absolute atomic E-state index is 0.268. The van der Waals surface area contributed by atoms with Gasteiger partial charge in [-0.15, -0.1) is 0 Å². The van der Waals surface area contributed by atoms with Gasteiger partial charge in [-0.05, 0) is 49.2 Å². The predicted molar refractivity (Wildman–Crippen MR) is 77.7 cm³/mol. The molecule has 0 aliphatic heterocycles. The molecule has 104 valence electrons. The number of aryl methyl sites for hydroxylation is 2. The van der Waals surface area contributed by atoms with Crippen molar-refractivity contribution in [3.63, 3.8) is 0 Å². The average Bonchev–Trinajstić information content (AvgIpc) is 2.36. The van der Waals surface area contributed by atoms with E-state index in [2.05, 4.69) is 10.3 Å². The first-order valence-corrected chi connectivity index (χ1v) is 6.60. The molecule has 1 amide bonds. The lowest BCUT2D eigenvalue weighted by Crippen LogP contribution is -2.13. The van der Waals surface area contributed by atoms with Gasteiger partial charge >= 0.3 is 0 Å². The molecular weight excluding hydrogens is 279 g/mol. The quantitative estimate of drug-likeness (QED) is 0.869. The van der Waals surface area contributed by atoms with Crippen LogP contribution in [0.4, 0.5) is 10.1 Å². The zero-order chi connectivity index (χ0) is 14.7. The number of hydrogen-bond donors (Lipinski definition) is 1. The van der Waals surface area contributed by atoms with Gasteiger partial charge in [-0.25, -0.2) is 9.37 Å². The summed E-state index contributed by atoms with van der Waals surface area (Å²) in [5, 5.41) is 2.92. The second-order valence-corrected chi connectivity index (χ2v) is 4.88. The van der Waals surface area contributed by atoms with E-state index in [0.717, 1.165) is 11.3 Å². The monoisotopic (exact) mass is 292 g/mol. The molecule has 0 saturated carbocycles. The number of amides is 1. The molecule has 5 heteroatoms. The summed E-state index contributed by atoms with van der Waals surface area (Å²) in [5.41, 5.74) is 2.29. The standard InChI is InChI=1S/C15H14ClFN2O/c1-3-12-6-10(7-14(16)18-12)15(20)19-13-5-9(2)4-11(17)8-13/h4-8H,3H2,1-2H3,(H,19,20). The first-order valence-electron chi connectivity index (χ1n) is 6.23. The highest BCUT2D eigenvalue weighted by atomic mass is 35.5. The van der Waals surface area contributed by atoms with Gasteiger partial charge in [-0.3, -0.25) is 4.79 Å². The third-order valence-electron chi connectivity index (χ3n) is 2.77. The van der Waals surface area contributed by atoms with E-state index in [1.165, 1.54) is 18.2 Å². The molecule has 3 nitrogen and oxygen atoms in total. The maximum atomic E-state index is 13.3. The van der Waals surface area contributed by atoms with Crippen LogP contribution < -0.4 is 5.32 Å². The van der Waals surface area contributed by atoms with Gasteiger partial charge in [-0.2, -0.15) is 0 Å². The molecule has 0 unspecified atom stereocenters. The topological polar surface area (TPSA) is 42.0 Å². The molecule has 20 heavy (non-hydrogen) atoms. The number of hydrogen-bond acceptors (Lipinski definition) is 2. The lowest BCUT2D eigenvalue weighted by molar-refractivity contribution is 0.102. The summed E-state index contributed by atoms with van der Waals surface area (Å²) in [6.45, 7) is 3.69. The van der Waals surface area contributed by atoms with E-state index < -0.39 is 0 Å². The van der Waals surface area contributed by atoms with E-state index in [4.69, 9.17) is 11.6 Å². The molecule has 1 aromatic carbocycles. The molecule has 0 aliphatic rings. The number of pyridine rings is 1. The maximum absolute atomic E-state index is 13.3. The highest BCUT2D eigenvalue weighted by Gasteiger charge is 2.10. The van der Waals surface area contributed by atoms with Gasteiger partial charge in [-0.1, -0.05) is 18.5 Å². The summed E-state index contributed by atoms with van der Waals surface area (Å²) < 4.78 is 13.3. The molecule has 0 saturated heterocycles. The summed E-state index contributed by atoms with van der Waals surface area (Å²) in [5.74, 6) is -0.726. The smallest absolute Gasteiger partial charge is 0.255 e. The van der Waals surface area contributed by atoms with E-state index in [9.17, 15) is 9.18 Å². The van der Waals surface area contributed by atoms with Gasteiger partial charge in [0.1, 0.15) is 11.0 Å². The molecule has 1 aromatic heterocycles. The molecule has 0 atom stereocenters. The molecule has 0 bridgehead atoms. The van der Waals surface area contributed by atoms with Crippen LogP contribution >= 0.6 is 11.6 Å². The SMILES string of the molecule is CCc1cc(C(=O)Nc2cc(C)cc(F)c2)cc(Cl)n1. The van der Waals surface area contributed by atoms with Crippen LogP contribution in [-0.2, 0) is 6.42 Å². The van der Waals surface area contributed by atoms with Gasteiger partial charge in [0.2, 0.25) is 0 Å². The number of carbonyl (C=O) groups excluding carboxylic acids is 1. The van der Waals surface area contributed by atoms with E-state index in [0.29, 0.717) is 17.7 Å². The Kier molecular flexibility index (Phi) is 4.35. The highest BCUT2D eigenvalue weighted by molar-refractivity contribution is 6.29. The van der Waals surface area contributed by atoms with Crippen molar-refractivity contribution in [1.82, 2.24) is 4.98 Å². The summed E-state index contributed by atoms with van der Waals surface area (Å²) in [6, 6.07) is 7.53. The van der Waals surface area contributed by atoms with Crippen molar-refractivity contribution in [2.24, 2.45) is 0 Å². The predicted octanol–water partition coefficient (Wildman–Crippen LogP) is 4.00. The van der Waals surface area contributed by atoms with Crippen molar-refractivity contribution in [3.8, 4) is 0 Å². The fourth-order valence-electron chi connectivity index (χ4n) is 1.88. The van der Waals surface area contributed by atoms with Gasteiger partial charge in [0.05, 0.1) is 0 Å². The second kappa shape index (κ2) is 6.01. The third-order valence-corrected chi connectivity index (χ3v) is 2.97. The van der Waals surface area contributed by atoms with Gasteiger partial charge in [0.25, 0.3) is 5.91 Å². The highest BCUT2D eigenvalue weighted by Crippen LogP contribution is 2.16. The Morgan fingerprint density at radius 3 is 2.70 bits per heavy atom. The van der Waals surface area contributed by atoms with Crippen molar-refractivity contribution in [2.45, 2.75) is 20.3 Å². The first kappa shape index (κ1) is 14.5. The summed E-state index contributed by atoms with van der Waals surface area (Å²) in [6.07, 6.45) is 0.680. The van der Waals surface area contributed by atoms with E-state index >= 15 is 0 Å². The van der Waals surface area contributed by atoms with Crippen LogP contribution in [0.3, 0.4) is 0 Å². The number of nitrogens with one attached hydrogen (secondary N) is 1. The molecule has 0 spiro atoms. The molecule has 0 aliphatic carbocycles. The van der Waals surface area contributed by atoms with Crippen LogP contribution in [0.1, 0.15) is 28.5 Å². The Morgan fingerprint density at radius 1 is 1.30 bits per heavy atom.